The maximum absolute atomic E-state index is 12.3. The highest BCUT2D eigenvalue weighted by atomic mass is 16.2. The topological polar surface area (TPSA) is 94.9 Å². The fourth-order valence-corrected chi connectivity index (χ4v) is 2.37. The van der Waals surface area contributed by atoms with E-state index in [1.54, 1.807) is 15.9 Å². The lowest BCUT2D eigenvalue weighted by Crippen LogP contribution is -2.40. The number of hydrogen-bond donors (Lipinski definition) is 1. The Bertz CT molecular complexity index is 657. The third kappa shape index (κ3) is 2.02. The van der Waals surface area contributed by atoms with E-state index < -0.39 is 0 Å². The van der Waals surface area contributed by atoms with Crippen molar-refractivity contribution in [2.45, 2.75) is 33.5 Å². The van der Waals surface area contributed by atoms with E-state index >= 15 is 0 Å². The van der Waals surface area contributed by atoms with Gasteiger partial charge in [-0.15, -0.1) is 10.2 Å². The van der Waals surface area contributed by atoms with Gasteiger partial charge in [0.05, 0.1) is 23.6 Å². The zero-order chi connectivity index (χ0) is 14.3. The molecular weight excluding hydrogens is 258 g/mol. The number of rotatable bonds is 2. The van der Waals surface area contributed by atoms with Gasteiger partial charge in [0.25, 0.3) is 0 Å². The number of aromatic nitrogens is 5. The Morgan fingerprint density at radius 3 is 2.90 bits per heavy atom. The lowest BCUT2D eigenvalue weighted by molar-refractivity contribution is -0.133. The van der Waals surface area contributed by atoms with Gasteiger partial charge < -0.3 is 15.2 Å². The van der Waals surface area contributed by atoms with E-state index in [0.29, 0.717) is 18.8 Å². The predicted octanol–water partition coefficient (Wildman–Crippen LogP) is -0.284. The molecule has 0 aliphatic carbocycles. The number of nitrogen functional groups attached to an aromatic ring is 1. The molecule has 20 heavy (non-hydrogen) atoms. The number of aryl methyl sites for hydroxylation is 1. The number of hydrogen-bond acceptors (Lipinski definition) is 5. The van der Waals surface area contributed by atoms with E-state index in [9.17, 15) is 4.79 Å². The Hall–Kier alpha value is -2.38. The molecule has 0 fully saturated rings. The maximum atomic E-state index is 12.3. The summed E-state index contributed by atoms with van der Waals surface area (Å²) < 4.78 is 3.62. The molecule has 106 valence electrons. The molecule has 3 heterocycles. The second-order valence-corrected chi connectivity index (χ2v) is 5.00. The smallest absolute Gasteiger partial charge is 0.244 e. The van der Waals surface area contributed by atoms with Crippen LogP contribution in [-0.4, -0.2) is 41.9 Å². The molecule has 8 heteroatoms. The van der Waals surface area contributed by atoms with Gasteiger partial charge in [0.15, 0.2) is 5.82 Å². The number of nitrogens with zero attached hydrogens (tertiary/aromatic N) is 6. The van der Waals surface area contributed by atoms with Crippen molar-refractivity contribution in [2.75, 3.05) is 12.3 Å². The lowest BCUT2D eigenvalue weighted by atomic mass is 10.3. The number of anilines is 1. The van der Waals surface area contributed by atoms with Crippen LogP contribution in [0.1, 0.15) is 17.2 Å². The number of fused-ring (bicyclic) bond motifs is 1. The monoisotopic (exact) mass is 275 g/mol. The van der Waals surface area contributed by atoms with E-state index in [0.717, 1.165) is 23.8 Å². The van der Waals surface area contributed by atoms with E-state index in [1.165, 1.54) is 0 Å². The Morgan fingerprint density at radius 1 is 1.40 bits per heavy atom. The van der Waals surface area contributed by atoms with Gasteiger partial charge in [-0.1, -0.05) is 0 Å². The molecule has 1 amide bonds. The van der Waals surface area contributed by atoms with E-state index in [1.807, 2.05) is 18.4 Å². The summed E-state index contributed by atoms with van der Waals surface area (Å²) in [6.07, 6.45) is 1.69. The number of carbonyl (C=O) groups excluding carboxylic acids is 1. The number of amides is 1. The molecule has 0 spiro atoms. The predicted molar refractivity (Wildman–Crippen MR) is 71.6 cm³/mol. The molecule has 1 aliphatic rings. The summed E-state index contributed by atoms with van der Waals surface area (Å²) in [5.41, 5.74) is 8.11. The molecule has 0 saturated heterocycles. The van der Waals surface area contributed by atoms with Crippen molar-refractivity contribution < 1.29 is 4.79 Å². The zero-order valence-electron chi connectivity index (χ0n) is 11.6. The Kier molecular flexibility index (Phi) is 2.92. The van der Waals surface area contributed by atoms with E-state index in [-0.39, 0.29) is 12.5 Å². The Morgan fingerprint density at radius 2 is 2.20 bits per heavy atom. The molecule has 0 saturated carbocycles. The van der Waals surface area contributed by atoms with Crippen molar-refractivity contribution in [3.63, 3.8) is 0 Å². The molecule has 2 aromatic heterocycles. The van der Waals surface area contributed by atoms with Crippen LogP contribution in [0.3, 0.4) is 0 Å². The van der Waals surface area contributed by atoms with Crippen LogP contribution in [0.15, 0.2) is 6.33 Å². The highest BCUT2D eigenvalue weighted by Crippen LogP contribution is 2.16. The summed E-state index contributed by atoms with van der Waals surface area (Å²) in [6.45, 7) is 5.81. The average molecular weight is 275 g/mol. The zero-order valence-corrected chi connectivity index (χ0v) is 11.6. The fourth-order valence-electron chi connectivity index (χ4n) is 2.37. The molecule has 0 bridgehead atoms. The summed E-state index contributed by atoms with van der Waals surface area (Å²) in [4.78, 5) is 14.1. The fraction of sp³-hybridized carbons (Fsp3) is 0.500. The van der Waals surface area contributed by atoms with Crippen molar-refractivity contribution in [1.82, 2.24) is 29.4 Å². The summed E-state index contributed by atoms with van der Waals surface area (Å²) in [5.74, 6) is 0.835. The van der Waals surface area contributed by atoms with Crippen LogP contribution >= 0.6 is 0 Å². The number of carbonyl (C=O) groups is 1. The highest BCUT2D eigenvalue weighted by Gasteiger charge is 2.23. The second kappa shape index (κ2) is 4.62. The standard InChI is InChI=1S/C12H17N7O/c1-8-12(13)9(2)19(16-8)6-11(20)17-3-4-18-7-14-15-10(18)5-17/h7H,3-6,13H2,1-2H3. The molecule has 2 aromatic rings. The minimum absolute atomic E-state index is 0.0184. The van der Waals surface area contributed by atoms with Crippen molar-refractivity contribution in [3.8, 4) is 0 Å². The largest absolute Gasteiger partial charge is 0.396 e. The molecule has 2 N–H and O–H groups in total. The van der Waals surface area contributed by atoms with Gasteiger partial charge >= 0.3 is 0 Å². The summed E-state index contributed by atoms with van der Waals surface area (Å²) in [7, 11) is 0. The highest BCUT2D eigenvalue weighted by molar-refractivity contribution is 5.76. The third-order valence-electron chi connectivity index (χ3n) is 3.71. The molecule has 8 nitrogen and oxygen atoms in total. The minimum atomic E-state index is 0.0184. The van der Waals surface area contributed by atoms with Crippen LogP contribution in [0.4, 0.5) is 5.69 Å². The quantitative estimate of drug-likeness (QED) is 0.813. The van der Waals surface area contributed by atoms with E-state index in [2.05, 4.69) is 15.3 Å². The maximum Gasteiger partial charge on any atom is 0.244 e. The first-order chi connectivity index (χ1) is 9.56. The van der Waals surface area contributed by atoms with Crippen molar-refractivity contribution in [3.05, 3.63) is 23.5 Å². The van der Waals surface area contributed by atoms with Gasteiger partial charge in [-0.3, -0.25) is 9.48 Å². The lowest BCUT2D eigenvalue weighted by Gasteiger charge is -2.27. The number of nitrogens with two attached hydrogens (primary N) is 1. The SMILES string of the molecule is Cc1nn(CC(=O)N2CCn3cnnc3C2)c(C)c1N. The third-order valence-corrected chi connectivity index (χ3v) is 3.71. The second-order valence-electron chi connectivity index (χ2n) is 5.00. The Balaban J connectivity index is 1.73. The first kappa shape index (κ1) is 12.6. The van der Waals surface area contributed by atoms with Gasteiger partial charge in [0.2, 0.25) is 5.91 Å². The Labute approximate surface area is 116 Å². The van der Waals surface area contributed by atoms with Crippen LogP contribution in [0, 0.1) is 13.8 Å². The van der Waals surface area contributed by atoms with Gasteiger partial charge in [-0.05, 0) is 13.8 Å². The van der Waals surface area contributed by atoms with Crippen molar-refractivity contribution >= 4 is 11.6 Å². The molecule has 0 aromatic carbocycles. The van der Waals surface area contributed by atoms with Crippen LogP contribution in [-0.2, 0) is 24.4 Å². The molecule has 0 atom stereocenters. The molecule has 0 unspecified atom stereocenters. The van der Waals surface area contributed by atoms with Crippen LogP contribution < -0.4 is 5.73 Å². The van der Waals surface area contributed by atoms with Crippen molar-refractivity contribution in [2.24, 2.45) is 0 Å². The summed E-state index contributed by atoms with van der Waals surface area (Å²) in [5, 5.41) is 12.2. The van der Waals surface area contributed by atoms with E-state index in [4.69, 9.17) is 5.73 Å². The molecule has 1 aliphatic heterocycles. The van der Waals surface area contributed by atoms with Gasteiger partial charge in [0, 0.05) is 13.1 Å². The molecule has 3 rings (SSSR count). The summed E-state index contributed by atoms with van der Waals surface area (Å²) >= 11 is 0. The average Bonchev–Trinajstić information content (AvgIpc) is 2.99. The van der Waals surface area contributed by atoms with Crippen LogP contribution in [0.25, 0.3) is 0 Å². The van der Waals surface area contributed by atoms with Crippen molar-refractivity contribution in [1.29, 1.82) is 0 Å². The minimum Gasteiger partial charge on any atom is -0.396 e. The first-order valence-electron chi connectivity index (χ1n) is 6.50. The van der Waals surface area contributed by atoms with Gasteiger partial charge in [0.1, 0.15) is 12.9 Å². The van der Waals surface area contributed by atoms with Crippen LogP contribution in [0.2, 0.25) is 0 Å². The molecular formula is C12H17N7O. The van der Waals surface area contributed by atoms with Gasteiger partial charge in [-0.2, -0.15) is 5.10 Å². The van der Waals surface area contributed by atoms with Gasteiger partial charge in [-0.25, -0.2) is 0 Å². The van der Waals surface area contributed by atoms with Crippen LogP contribution in [0.5, 0.6) is 0 Å². The molecule has 0 radical (unpaired) electrons. The first-order valence-corrected chi connectivity index (χ1v) is 6.50. The summed E-state index contributed by atoms with van der Waals surface area (Å²) in [6, 6.07) is 0. The normalized spacial score (nSPS) is 14.4.